The Morgan fingerprint density at radius 2 is 1.62 bits per heavy atom. The topological polar surface area (TPSA) is 72.5 Å². The molecule has 1 aliphatic heterocycles. The Hall–Kier alpha value is -3.58. The summed E-state index contributed by atoms with van der Waals surface area (Å²) < 4.78 is 8.90. The van der Waals surface area contributed by atoms with E-state index in [2.05, 4.69) is 10.00 Å². The van der Waals surface area contributed by atoms with Gasteiger partial charge in [0.15, 0.2) is 0 Å². The molecule has 1 N–H and O–H groups in total. The van der Waals surface area contributed by atoms with Gasteiger partial charge in [-0.1, -0.05) is 6.07 Å². The standard InChI is InChI=1S/C25H26N4O3/c1-16-22(5-4-6-23(16)30)28-17(2)21-15-26-29(25(31)24(21)18(28)3)20-9-7-19(8-10-20)27-11-13-32-14-12-27/h4-10,15,30H,11-14H2,1-3H3. The average Bonchev–Trinajstić information content (AvgIpc) is 3.07. The van der Waals surface area contributed by atoms with Gasteiger partial charge in [0.25, 0.3) is 5.56 Å². The van der Waals surface area contributed by atoms with Crippen LogP contribution in [-0.2, 0) is 4.74 Å². The first-order valence-corrected chi connectivity index (χ1v) is 10.8. The molecule has 0 amide bonds. The summed E-state index contributed by atoms with van der Waals surface area (Å²) in [6.07, 6.45) is 1.75. The molecule has 1 fully saturated rings. The summed E-state index contributed by atoms with van der Waals surface area (Å²) in [7, 11) is 0. The zero-order chi connectivity index (χ0) is 22.4. The minimum Gasteiger partial charge on any atom is -0.508 e. The minimum absolute atomic E-state index is 0.154. The Labute approximate surface area is 186 Å². The molecule has 0 radical (unpaired) electrons. The lowest BCUT2D eigenvalue weighted by molar-refractivity contribution is 0.122. The normalized spacial score (nSPS) is 14.3. The predicted molar refractivity (Wildman–Crippen MR) is 126 cm³/mol. The monoisotopic (exact) mass is 430 g/mol. The first-order chi connectivity index (χ1) is 15.5. The van der Waals surface area contributed by atoms with Crippen LogP contribution in [0, 0.1) is 20.8 Å². The van der Waals surface area contributed by atoms with E-state index < -0.39 is 0 Å². The van der Waals surface area contributed by atoms with Crippen LogP contribution in [0.3, 0.4) is 0 Å². The van der Waals surface area contributed by atoms with Crippen molar-refractivity contribution in [3.8, 4) is 17.1 Å². The highest BCUT2D eigenvalue weighted by Gasteiger charge is 2.19. The lowest BCUT2D eigenvalue weighted by Gasteiger charge is -2.28. The highest BCUT2D eigenvalue weighted by Crippen LogP contribution is 2.30. The van der Waals surface area contributed by atoms with Gasteiger partial charge in [-0.25, -0.2) is 0 Å². The maximum absolute atomic E-state index is 13.5. The van der Waals surface area contributed by atoms with Crippen molar-refractivity contribution in [1.29, 1.82) is 0 Å². The van der Waals surface area contributed by atoms with Gasteiger partial charge in [-0.15, -0.1) is 0 Å². The number of morpholine rings is 1. The number of rotatable bonds is 3. The van der Waals surface area contributed by atoms with Crippen LogP contribution in [0.25, 0.3) is 22.1 Å². The van der Waals surface area contributed by atoms with Crippen LogP contribution < -0.4 is 10.5 Å². The summed E-state index contributed by atoms with van der Waals surface area (Å²) >= 11 is 0. The number of phenolic OH excluding ortho intramolecular Hbond substituents is 1. The fraction of sp³-hybridized carbons (Fsp3) is 0.280. The summed E-state index contributed by atoms with van der Waals surface area (Å²) in [5, 5.41) is 16.1. The average molecular weight is 431 g/mol. The van der Waals surface area contributed by atoms with Crippen LogP contribution in [0.1, 0.15) is 17.0 Å². The van der Waals surface area contributed by atoms with Crippen molar-refractivity contribution in [3.05, 3.63) is 76.0 Å². The molecule has 0 bridgehead atoms. The maximum Gasteiger partial charge on any atom is 0.281 e. The summed E-state index contributed by atoms with van der Waals surface area (Å²) in [4.78, 5) is 15.8. The molecule has 5 rings (SSSR count). The van der Waals surface area contributed by atoms with Gasteiger partial charge >= 0.3 is 0 Å². The number of nitrogens with zero attached hydrogens (tertiary/aromatic N) is 4. The van der Waals surface area contributed by atoms with E-state index in [1.165, 1.54) is 4.68 Å². The zero-order valence-corrected chi connectivity index (χ0v) is 18.5. The number of hydrogen-bond donors (Lipinski definition) is 1. The Kier molecular flexibility index (Phi) is 4.98. The number of fused-ring (bicyclic) bond motifs is 1. The zero-order valence-electron chi connectivity index (χ0n) is 18.5. The number of aromatic nitrogens is 3. The van der Waals surface area contributed by atoms with Crippen LogP contribution in [0.4, 0.5) is 5.69 Å². The fourth-order valence-corrected chi connectivity index (χ4v) is 4.59. The van der Waals surface area contributed by atoms with E-state index in [0.717, 1.165) is 65.7 Å². The fourth-order valence-electron chi connectivity index (χ4n) is 4.59. The first-order valence-electron chi connectivity index (χ1n) is 10.8. The van der Waals surface area contributed by atoms with E-state index in [4.69, 9.17) is 4.74 Å². The largest absolute Gasteiger partial charge is 0.508 e. The van der Waals surface area contributed by atoms with E-state index in [0.29, 0.717) is 5.39 Å². The molecule has 164 valence electrons. The number of ether oxygens (including phenoxy) is 1. The SMILES string of the molecule is Cc1c(O)cccc1-n1c(C)c2cnn(-c3ccc(N4CCOCC4)cc3)c(=O)c2c1C. The van der Waals surface area contributed by atoms with E-state index >= 15 is 0 Å². The lowest BCUT2D eigenvalue weighted by atomic mass is 10.1. The quantitative estimate of drug-likeness (QED) is 0.537. The highest BCUT2D eigenvalue weighted by molar-refractivity contribution is 5.88. The summed E-state index contributed by atoms with van der Waals surface area (Å²) in [6.45, 7) is 8.98. The second kappa shape index (κ2) is 7.84. The molecule has 0 atom stereocenters. The minimum atomic E-state index is -0.154. The van der Waals surface area contributed by atoms with Crippen LogP contribution >= 0.6 is 0 Å². The van der Waals surface area contributed by atoms with Crippen LogP contribution in [0.15, 0.2) is 53.5 Å². The van der Waals surface area contributed by atoms with Gasteiger partial charge in [0.2, 0.25) is 0 Å². The molecule has 3 heterocycles. The van der Waals surface area contributed by atoms with Crippen LogP contribution in [0.5, 0.6) is 5.75 Å². The van der Waals surface area contributed by atoms with Gasteiger partial charge in [-0.05, 0) is 57.2 Å². The van der Waals surface area contributed by atoms with E-state index in [1.807, 2.05) is 61.7 Å². The molecule has 0 aliphatic carbocycles. The summed E-state index contributed by atoms with van der Waals surface area (Å²) in [6, 6.07) is 13.4. The van der Waals surface area contributed by atoms with Crippen LogP contribution in [0.2, 0.25) is 0 Å². The third kappa shape index (κ3) is 3.17. The highest BCUT2D eigenvalue weighted by atomic mass is 16.5. The van der Waals surface area contributed by atoms with Gasteiger partial charge < -0.3 is 19.3 Å². The van der Waals surface area contributed by atoms with Gasteiger partial charge in [0, 0.05) is 41.1 Å². The number of aryl methyl sites for hydroxylation is 2. The molecule has 4 aromatic rings. The van der Waals surface area contributed by atoms with Crippen molar-refractivity contribution in [3.63, 3.8) is 0 Å². The molecule has 2 aromatic heterocycles. The number of anilines is 1. The molecule has 1 aliphatic rings. The van der Waals surface area contributed by atoms with Gasteiger partial charge in [0.05, 0.1) is 36.2 Å². The predicted octanol–water partition coefficient (Wildman–Crippen LogP) is 3.64. The molecule has 2 aromatic carbocycles. The molecule has 0 spiro atoms. The van der Waals surface area contributed by atoms with Crippen molar-refractivity contribution >= 4 is 16.5 Å². The molecular formula is C25H26N4O3. The van der Waals surface area contributed by atoms with Crippen molar-refractivity contribution in [1.82, 2.24) is 14.3 Å². The number of phenols is 1. The third-order valence-electron chi connectivity index (χ3n) is 6.39. The second-order valence-electron chi connectivity index (χ2n) is 8.19. The van der Waals surface area contributed by atoms with Crippen molar-refractivity contribution in [2.45, 2.75) is 20.8 Å². The Bertz CT molecular complexity index is 1360. The van der Waals surface area contributed by atoms with E-state index in [1.54, 1.807) is 12.3 Å². The molecule has 7 heteroatoms. The molecule has 7 nitrogen and oxygen atoms in total. The van der Waals surface area contributed by atoms with E-state index in [-0.39, 0.29) is 11.3 Å². The number of aromatic hydroxyl groups is 1. The van der Waals surface area contributed by atoms with Crippen molar-refractivity contribution in [2.75, 3.05) is 31.2 Å². The van der Waals surface area contributed by atoms with Crippen molar-refractivity contribution in [2.24, 2.45) is 0 Å². The van der Waals surface area contributed by atoms with Gasteiger partial charge in [-0.2, -0.15) is 9.78 Å². The molecule has 1 saturated heterocycles. The number of hydrogen-bond acceptors (Lipinski definition) is 5. The molecule has 0 saturated carbocycles. The number of benzene rings is 2. The Morgan fingerprint density at radius 1 is 0.938 bits per heavy atom. The second-order valence-corrected chi connectivity index (χ2v) is 8.19. The third-order valence-corrected chi connectivity index (χ3v) is 6.39. The van der Waals surface area contributed by atoms with Gasteiger partial charge in [-0.3, -0.25) is 4.79 Å². The Morgan fingerprint density at radius 3 is 2.34 bits per heavy atom. The smallest absolute Gasteiger partial charge is 0.281 e. The van der Waals surface area contributed by atoms with E-state index in [9.17, 15) is 9.90 Å². The van der Waals surface area contributed by atoms with Crippen molar-refractivity contribution < 1.29 is 9.84 Å². The van der Waals surface area contributed by atoms with Gasteiger partial charge in [0.1, 0.15) is 5.75 Å². The lowest BCUT2D eigenvalue weighted by Crippen LogP contribution is -2.36. The Balaban J connectivity index is 1.61. The molecule has 32 heavy (non-hydrogen) atoms. The molecule has 0 unspecified atom stereocenters. The summed E-state index contributed by atoms with van der Waals surface area (Å²) in [5.74, 6) is 0.231. The molecular weight excluding hydrogens is 404 g/mol. The van der Waals surface area contributed by atoms with Crippen LogP contribution in [-0.4, -0.2) is 45.8 Å². The maximum atomic E-state index is 13.5. The first kappa shape index (κ1) is 20.3. The summed E-state index contributed by atoms with van der Waals surface area (Å²) in [5.41, 5.74) is 5.07.